The summed E-state index contributed by atoms with van der Waals surface area (Å²) in [5.74, 6) is 0.218. The summed E-state index contributed by atoms with van der Waals surface area (Å²) >= 11 is 0. The molecule has 1 atom stereocenters. The Labute approximate surface area is 215 Å². The molecule has 0 aromatic heterocycles. The average molecular weight is 514 g/mol. The third kappa shape index (κ3) is 7.64. The Hall–Kier alpha value is -2.71. The maximum Gasteiger partial charge on any atom is 0.243 e. The fourth-order valence-electron chi connectivity index (χ4n) is 4.30. The maximum absolute atomic E-state index is 13.3. The Morgan fingerprint density at radius 3 is 2.19 bits per heavy atom. The molecule has 1 aliphatic heterocycles. The van der Waals surface area contributed by atoms with E-state index in [1.165, 1.54) is 4.31 Å². The molecule has 1 fully saturated rings. The van der Waals surface area contributed by atoms with E-state index in [1.54, 1.807) is 36.1 Å². The summed E-state index contributed by atoms with van der Waals surface area (Å²) in [5.41, 5.74) is 1.85. The van der Waals surface area contributed by atoms with E-state index in [2.05, 4.69) is 19.2 Å². The normalized spacial score (nSPS) is 15.1. The van der Waals surface area contributed by atoms with E-state index in [4.69, 9.17) is 0 Å². The number of nitrogens with one attached hydrogen (secondary N) is 1. The van der Waals surface area contributed by atoms with Crippen molar-refractivity contribution < 1.29 is 18.0 Å². The van der Waals surface area contributed by atoms with Gasteiger partial charge in [0.1, 0.15) is 6.04 Å². The second kappa shape index (κ2) is 13.0. The zero-order chi connectivity index (χ0) is 26.1. The van der Waals surface area contributed by atoms with Crippen molar-refractivity contribution >= 4 is 21.8 Å². The number of sulfonamides is 1. The minimum Gasteiger partial charge on any atom is -0.354 e. The molecular weight excluding hydrogens is 474 g/mol. The van der Waals surface area contributed by atoms with Crippen LogP contribution in [0.4, 0.5) is 0 Å². The highest BCUT2D eigenvalue weighted by atomic mass is 32.2. The van der Waals surface area contributed by atoms with E-state index < -0.39 is 16.1 Å². The van der Waals surface area contributed by atoms with Crippen molar-refractivity contribution in [2.45, 2.75) is 70.4 Å². The third-order valence-electron chi connectivity index (χ3n) is 6.64. The summed E-state index contributed by atoms with van der Waals surface area (Å²) in [6.45, 7) is 8.05. The smallest absolute Gasteiger partial charge is 0.243 e. The summed E-state index contributed by atoms with van der Waals surface area (Å²) in [5, 5.41) is 2.96. The molecule has 36 heavy (non-hydrogen) atoms. The van der Waals surface area contributed by atoms with Gasteiger partial charge in [0.2, 0.25) is 21.8 Å². The number of rotatable bonds is 12. The topological polar surface area (TPSA) is 86.8 Å². The Bertz CT molecular complexity index is 1100. The summed E-state index contributed by atoms with van der Waals surface area (Å²) in [6, 6.07) is 15.9. The van der Waals surface area contributed by atoms with Gasteiger partial charge in [-0.25, -0.2) is 8.42 Å². The van der Waals surface area contributed by atoms with Crippen molar-refractivity contribution in [2.24, 2.45) is 5.92 Å². The summed E-state index contributed by atoms with van der Waals surface area (Å²) < 4.78 is 27.0. The number of aryl methyl sites for hydroxylation is 1. The molecule has 1 aliphatic rings. The monoisotopic (exact) mass is 513 g/mol. The standard InChI is InChI=1S/C28H39N3O4S/c1-22(2)17-18-29-28(33)23(3)31(21-25-9-5-4-6-10-25)27(32)16-13-24-11-14-26(15-12-24)36(34,35)30-19-7-8-20-30/h4-6,9-12,14-15,22-23H,7-8,13,16-21H2,1-3H3,(H,29,33)/t23-/m1/s1. The molecule has 0 unspecified atom stereocenters. The van der Waals surface area contributed by atoms with Crippen LogP contribution in [0.3, 0.4) is 0 Å². The number of carbonyl (C=O) groups is 2. The summed E-state index contributed by atoms with van der Waals surface area (Å²) in [4.78, 5) is 28.0. The lowest BCUT2D eigenvalue weighted by molar-refractivity contribution is -0.140. The van der Waals surface area contributed by atoms with Crippen LogP contribution in [0.25, 0.3) is 0 Å². The number of amides is 2. The van der Waals surface area contributed by atoms with E-state index in [9.17, 15) is 18.0 Å². The van der Waals surface area contributed by atoms with Gasteiger partial charge in [0, 0.05) is 32.6 Å². The molecule has 1 heterocycles. The van der Waals surface area contributed by atoms with Gasteiger partial charge in [0.05, 0.1) is 4.90 Å². The maximum atomic E-state index is 13.3. The largest absolute Gasteiger partial charge is 0.354 e. The van der Waals surface area contributed by atoms with E-state index in [1.807, 2.05) is 30.3 Å². The highest BCUT2D eigenvalue weighted by Gasteiger charge is 2.28. The first-order chi connectivity index (χ1) is 17.2. The van der Waals surface area contributed by atoms with Gasteiger partial charge in [0.25, 0.3) is 0 Å². The molecule has 0 aliphatic carbocycles. The molecule has 1 saturated heterocycles. The van der Waals surface area contributed by atoms with Crippen molar-refractivity contribution in [3.05, 3.63) is 65.7 Å². The van der Waals surface area contributed by atoms with Crippen LogP contribution in [0, 0.1) is 5.92 Å². The Kier molecular flexibility index (Phi) is 10.1. The lowest BCUT2D eigenvalue weighted by Gasteiger charge is -2.29. The van der Waals surface area contributed by atoms with Crippen LogP contribution in [0.5, 0.6) is 0 Å². The fraction of sp³-hybridized carbons (Fsp3) is 0.500. The van der Waals surface area contributed by atoms with Crippen LogP contribution in [0.1, 0.15) is 57.6 Å². The van der Waals surface area contributed by atoms with Crippen molar-refractivity contribution in [3.63, 3.8) is 0 Å². The summed E-state index contributed by atoms with van der Waals surface area (Å²) in [7, 11) is -3.46. The Morgan fingerprint density at radius 1 is 0.944 bits per heavy atom. The fourth-order valence-corrected chi connectivity index (χ4v) is 5.81. The minimum absolute atomic E-state index is 0.112. The molecule has 0 bridgehead atoms. The number of carbonyl (C=O) groups excluding carboxylic acids is 2. The molecule has 2 aromatic rings. The average Bonchev–Trinajstić information content (AvgIpc) is 3.42. The van der Waals surface area contributed by atoms with Crippen LogP contribution in [0.15, 0.2) is 59.5 Å². The molecule has 196 valence electrons. The van der Waals surface area contributed by atoms with E-state index in [0.29, 0.717) is 38.5 Å². The molecule has 0 saturated carbocycles. The number of nitrogens with zero attached hydrogens (tertiary/aromatic N) is 2. The molecular formula is C28H39N3O4S. The third-order valence-corrected chi connectivity index (χ3v) is 8.55. The number of hydrogen-bond acceptors (Lipinski definition) is 4. The molecule has 8 heteroatoms. The number of benzene rings is 2. The molecule has 2 aromatic carbocycles. The van der Waals surface area contributed by atoms with Crippen molar-refractivity contribution in [2.75, 3.05) is 19.6 Å². The predicted molar refractivity (Wildman–Crippen MR) is 142 cm³/mol. The Balaban J connectivity index is 1.65. The van der Waals surface area contributed by atoms with Gasteiger partial charge < -0.3 is 10.2 Å². The van der Waals surface area contributed by atoms with Gasteiger partial charge in [-0.1, -0.05) is 56.3 Å². The molecule has 3 rings (SSSR count). The first-order valence-electron chi connectivity index (χ1n) is 12.9. The first-order valence-corrected chi connectivity index (χ1v) is 14.3. The van der Waals surface area contributed by atoms with Gasteiger partial charge in [-0.2, -0.15) is 4.31 Å². The van der Waals surface area contributed by atoms with E-state index >= 15 is 0 Å². The second-order valence-corrected chi connectivity index (χ2v) is 11.8. The zero-order valence-corrected chi connectivity index (χ0v) is 22.5. The second-order valence-electron chi connectivity index (χ2n) is 9.91. The van der Waals surface area contributed by atoms with Crippen molar-refractivity contribution in [3.8, 4) is 0 Å². The SMILES string of the molecule is CC(C)CCNC(=O)[C@@H](C)N(Cc1ccccc1)C(=O)CCc1ccc(S(=O)(=O)N2CCCC2)cc1. The van der Waals surface area contributed by atoms with Gasteiger partial charge in [0.15, 0.2) is 0 Å². The molecule has 2 amide bonds. The van der Waals surface area contributed by atoms with Crippen LogP contribution in [0.2, 0.25) is 0 Å². The van der Waals surface area contributed by atoms with Gasteiger partial charge >= 0.3 is 0 Å². The minimum atomic E-state index is -3.46. The quantitative estimate of drug-likeness (QED) is 0.465. The first kappa shape index (κ1) is 27.9. The molecule has 1 N–H and O–H groups in total. The Morgan fingerprint density at radius 2 is 1.58 bits per heavy atom. The lowest BCUT2D eigenvalue weighted by Crippen LogP contribution is -2.48. The van der Waals surface area contributed by atoms with Crippen molar-refractivity contribution in [1.29, 1.82) is 0 Å². The molecule has 0 radical (unpaired) electrons. The molecule has 7 nitrogen and oxygen atoms in total. The summed E-state index contributed by atoms with van der Waals surface area (Å²) in [6.07, 6.45) is 3.37. The van der Waals surface area contributed by atoms with E-state index in [0.717, 1.165) is 30.4 Å². The highest BCUT2D eigenvalue weighted by molar-refractivity contribution is 7.89. The van der Waals surface area contributed by atoms with E-state index in [-0.39, 0.29) is 23.1 Å². The highest BCUT2D eigenvalue weighted by Crippen LogP contribution is 2.21. The predicted octanol–water partition coefficient (Wildman–Crippen LogP) is 3.98. The lowest BCUT2D eigenvalue weighted by atomic mass is 10.1. The van der Waals surface area contributed by atoms with Gasteiger partial charge in [-0.3, -0.25) is 9.59 Å². The van der Waals surface area contributed by atoms with Gasteiger partial charge in [-0.05, 0) is 61.8 Å². The molecule has 0 spiro atoms. The van der Waals surface area contributed by atoms with Crippen molar-refractivity contribution in [1.82, 2.24) is 14.5 Å². The van der Waals surface area contributed by atoms with Crippen LogP contribution >= 0.6 is 0 Å². The zero-order valence-electron chi connectivity index (χ0n) is 21.7. The van der Waals surface area contributed by atoms with Crippen LogP contribution in [-0.2, 0) is 32.6 Å². The van der Waals surface area contributed by atoms with Gasteiger partial charge in [-0.15, -0.1) is 0 Å². The number of hydrogen-bond donors (Lipinski definition) is 1. The van der Waals surface area contributed by atoms with Crippen LogP contribution < -0.4 is 5.32 Å². The van der Waals surface area contributed by atoms with Crippen LogP contribution in [-0.4, -0.2) is 55.1 Å².